The zero-order valence-corrected chi connectivity index (χ0v) is 9.87. The van der Waals surface area contributed by atoms with Crippen molar-refractivity contribution in [2.75, 3.05) is 13.1 Å². The van der Waals surface area contributed by atoms with Crippen LogP contribution >= 0.6 is 12.2 Å². The molecule has 1 fully saturated rings. The van der Waals surface area contributed by atoms with Gasteiger partial charge in [0, 0.05) is 25.5 Å². The van der Waals surface area contributed by atoms with Crippen LogP contribution in [-0.4, -0.2) is 38.8 Å². The predicted octanol–water partition coefficient (Wildman–Crippen LogP) is 0.781. The zero-order valence-electron chi connectivity index (χ0n) is 9.05. The largest absolute Gasteiger partial charge is 0.348 e. The zero-order chi connectivity index (χ0) is 11.4. The van der Waals surface area contributed by atoms with Gasteiger partial charge in [0.1, 0.15) is 5.69 Å². The normalized spacial score (nSPS) is 15.6. The average molecular weight is 235 g/mol. The van der Waals surface area contributed by atoms with Crippen molar-refractivity contribution >= 4 is 23.0 Å². The van der Waals surface area contributed by atoms with Gasteiger partial charge in [0.15, 0.2) is 5.11 Å². The lowest BCUT2D eigenvalue weighted by Crippen LogP contribution is -2.46. The van der Waals surface area contributed by atoms with Crippen molar-refractivity contribution < 1.29 is 0 Å². The third-order valence-electron chi connectivity index (χ3n) is 2.40. The fourth-order valence-electron chi connectivity index (χ4n) is 1.26. The molecular formula is C10H13N5S. The highest BCUT2D eigenvalue weighted by atomic mass is 32.1. The number of rotatable bonds is 2. The van der Waals surface area contributed by atoms with Crippen molar-refractivity contribution in [3.05, 3.63) is 24.3 Å². The average Bonchev–Trinajstić information content (AvgIpc) is 2.25. The van der Waals surface area contributed by atoms with E-state index in [9.17, 15) is 0 Å². The molecule has 16 heavy (non-hydrogen) atoms. The minimum Gasteiger partial charge on any atom is -0.348 e. The second kappa shape index (κ2) is 4.98. The van der Waals surface area contributed by atoms with Crippen LogP contribution in [0.15, 0.2) is 23.7 Å². The minimum atomic E-state index is 0.675. The first-order valence-corrected chi connectivity index (χ1v) is 5.54. The van der Waals surface area contributed by atoms with Crippen LogP contribution in [0.3, 0.4) is 0 Å². The minimum absolute atomic E-state index is 0.675. The van der Waals surface area contributed by atoms with E-state index in [1.807, 2.05) is 6.92 Å². The van der Waals surface area contributed by atoms with Crippen LogP contribution in [0.4, 0.5) is 0 Å². The van der Waals surface area contributed by atoms with Crippen LogP contribution < -0.4 is 5.43 Å². The van der Waals surface area contributed by atoms with Gasteiger partial charge in [0.05, 0.1) is 11.9 Å². The van der Waals surface area contributed by atoms with Gasteiger partial charge in [-0.1, -0.05) is 0 Å². The Balaban J connectivity index is 1.94. The summed E-state index contributed by atoms with van der Waals surface area (Å²) in [6.45, 7) is 3.91. The van der Waals surface area contributed by atoms with Gasteiger partial charge in [-0.2, -0.15) is 5.10 Å². The Bertz CT molecular complexity index is 399. The summed E-state index contributed by atoms with van der Waals surface area (Å²) in [5.74, 6) is 0. The van der Waals surface area contributed by atoms with E-state index in [4.69, 9.17) is 12.2 Å². The van der Waals surface area contributed by atoms with Gasteiger partial charge in [0.25, 0.3) is 0 Å². The summed E-state index contributed by atoms with van der Waals surface area (Å²) in [5, 5.41) is 4.85. The van der Waals surface area contributed by atoms with Crippen LogP contribution in [0.25, 0.3) is 0 Å². The summed E-state index contributed by atoms with van der Waals surface area (Å²) in [6, 6.07) is 0. The maximum atomic E-state index is 5.17. The highest BCUT2D eigenvalue weighted by Crippen LogP contribution is 2.05. The van der Waals surface area contributed by atoms with Crippen molar-refractivity contribution in [1.29, 1.82) is 0 Å². The molecule has 5 nitrogen and oxygen atoms in total. The van der Waals surface area contributed by atoms with Crippen LogP contribution in [-0.2, 0) is 0 Å². The van der Waals surface area contributed by atoms with Gasteiger partial charge < -0.3 is 4.90 Å². The van der Waals surface area contributed by atoms with Gasteiger partial charge in [-0.25, -0.2) is 0 Å². The van der Waals surface area contributed by atoms with Crippen molar-refractivity contribution in [3.8, 4) is 0 Å². The Morgan fingerprint density at radius 3 is 2.88 bits per heavy atom. The molecule has 0 unspecified atom stereocenters. The summed E-state index contributed by atoms with van der Waals surface area (Å²) in [7, 11) is 0. The van der Waals surface area contributed by atoms with E-state index in [1.165, 1.54) is 6.42 Å². The Labute approximate surface area is 99.6 Å². The number of nitrogens with zero attached hydrogens (tertiary/aromatic N) is 4. The summed E-state index contributed by atoms with van der Waals surface area (Å²) < 4.78 is 0. The number of hydrogen-bond acceptors (Lipinski definition) is 4. The maximum absolute atomic E-state index is 5.17. The molecule has 1 aliphatic heterocycles. The lowest BCUT2D eigenvalue weighted by Gasteiger charge is -2.32. The molecule has 0 radical (unpaired) electrons. The van der Waals surface area contributed by atoms with Crippen LogP contribution in [0.1, 0.15) is 19.0 Å². The first kappa shape index (κ1) is 10.9. The molecule has 0 aromatic carbocycles. The van der Waals surface area contributed by atoms with Gasteiger partial charge in [-0.05, 0) is 25.6 Å². The van der Waals surface area contributed by atoms with E-state index >= 15 is 0 Å². The Hall–Kier alpha value is -1.56. The summed E-state index contributed by atoms with van der Waals surface area (Å²) in [6.07, 6.45) is 6.15. The highest BCUT2D eigenvalue weighted by Gasteiger charge is 2.16. The van der Waals surface area contributed by atoms with Crippen LogP contribution in [0, 0.1) is 0 Å². The van der Waals surface area contributed by atoms with Crippen molar-refractivity contribution in [2.24, 2.45) is 5.10 Å². The van der Waals surface area contributed by atoms with E-state index in [0.717, 1.165) is 24.5 Å². The Morgan fingerprint density at radius 1 is 1.50 bits per heavy atom. The van der Waals surface area contributed by atoms with Crippen LogP contribution in [0.5, 0.6) is 0 Å². The Kier molecular flexibility index (Phi) is 3.40. The molecule has 1 N–H and O–H groups in total. The van der Waals surface area contributed by atoms with Gasteiger partial charge in [-0.15, -0.1) is 0 Å². The topological polar surface area (TPSA) is 53.4 Å². The second-order valence-electron chi connectivity index (χ2n) is 3.55. The number of thiocarbonyl (C=S) groups is 1. The molecule has 0 amide bonds. The van der Waals surface area contributed by atoms with Crippen molar-refractivity contribution in [1.82, 2.24) is 20.3 Å². The molecule has 1 saturated heterocycles. The van der Waals surface area contributed by atoms with E-state index in [0.29, 0.717) is 5.11 Å². The molecule has 1 aromatic heterocycles. The predicted molar refractivity (Wildman–Crippen MR) is 66.2 cm³/mol. The number of nitrogens with one attached hydrogen (secondary N) is 1. The molecule has 0 spiro atoms. The second-order valence-corrected chi connectivity index (χ2v) is 3.93. The van der Waals surface area contributed by atoms with Gasteiger partial charge in [-0.3, -0.25) is 15.4 Å². The third kappa shape index (κ3) is 2.52. The van der Waals surface area contributed by atoms with Gasteiger partial charge in [0.2, 0.25) is 0 Å². The SMILES string of the molecule is C/C(=N\NC(=S)N1CCC1)c1cnccn1. The number of aromatic nitrogens is 2. The van der Waals surface area contributed by atoms with E-state index < -0.39 is 0 Å². The molecule has 6 heteroatoms. The molecular weight excluding hydrogens is 222 g/mol. The highest BCUT2D eigenvalue weighted by molar-refractivity contribution is 7.80. The van der Waals surface area contributed by atoms with E-state index in [1.54, 1.807) is 18.6 Å². The molecule has 0 atom stereocenters. The number of hydrogen-bond donors (Lipinski definition) is 1. The lowest BCUT2D eigenvalue weighted by atomic mass is 10.2. The summed E-state index contributed by atoms with van der Waals surface area (Å²) in [4.78, 5) is 10.2. The monoisotopic (exact) mass is 235 g/mol. The Morgan fingerprint density at radius 2 is 2.31 bits per heavy atom. The summed E-state index contributed by atoms with van der Waals surface area (Å²) in [5.41, 5.74) is 4.39. The standard InChI is InChI=1S/C10H13N5S/c1-8(9-7-11-3-4-12-9)13-14-10(16)15-5-2-6-15/h3-4,7H,2,5-6H2,1H3,(H,14,16)/b13-8+. The molecule has 1 aliphatic rings. The molecule has 0 bridgehead atoms. The first-order chi connectivity index (χ1) is 7.77. The maximum Gasteiger partial charge on any atom is 0.189 e. The fraction of sp³-hybridized carbons (Fsp3) is 0.400. The molecule has 2 rings (SSSR count). The van der Waals surface area contributed by atoms with Crippen LogP contribution in [0.2, 0.25) is 0 Å². The number of likely N-dealkylation sites (tertiary alicyclic amines) is 1. The van der Waals surface area contributed by atoms with Crippen molar-refractivity contribution in [2.45, 2.75) is 13.3 Å². The summed E-state index contributed by atoms with van der Waals surface area (Å²) >= 11 is 5.17. The smallest absolute Gasteiger partial charge is 0.189 e. The lowest BCUT2D eigenvalue weighted by molar-refractivity contribution is 0.296. The molecule has 84 valence electrons. The third-order valence-corrected chi connectivity index (χ3v) is 2.75. The number of hydrazone groups is 1. The molecule has 1 aromatic rings. The molecule has 0 saturated carbocycles. The van der Waals surface area contributed by atoms with Crippen molar-refractivity contribution in [3.63, 3.8) is 0 Å². The first-order valence-electron chi connectivity index (χ1n) is 5.13. The molecule has 2 heterocycles. The quantitative estimate of drug-likeness (QED) is 0.466. The van der Waals surface area contributed by atoms with E-state index in [2.05, 4.69) is 25.4 Å². The molecule has 0 aliphatic carbocycles. The van der Waals surface area contributed by atoms with Gasteiger partial charge >= 0.3 is 0 Å². The fourth-order valence-corrected chi connectivity index (χ4v) is 1.49. The van der Waals surface area contributed by atoms with E-state index in [-0.39, 0.29) is 0 Å².